The lowest BCUT2D eigenvalue weighted by atomic mass is 9.88. The quantitative estimate of drug-likeness (QED) is 0.552. The highest BCUT2D eigenvalue weighted by Gasteiger charge is 2.11. The van der Waals surface area contributed by atoms with E-state index in [1.54, 1.807) is 0 Å². The molecule has 0 spiro atoms. The Morgan fingerprint density at radius 1 is 1.22 bits per heavy atom. The average molecular weight is 242 g/mol. The van der Waals surface area contributed by atoms with Gasteiger partial charge in [-0.2, -0.15) is 0 Å². The number of rotatable bonds is 6. The molecular formula is C18H26. The summed E-state index contributed by atoms with van der Waals surface area (Å²) in [7, 11) is 0. The Kier molecular flexibility index (Phi) is 5.91. The van der Waals surface area contributed by atoms with Gasteiger partial charge < -0.3 is 0 Å². The van der Waals surface area contributed by atoms with E-state index in [0.29, 0.717) is 11.8 Å². The van der Waals surface area contributed by atoms with E-state index in [1.165, 1.54) is 24.0 Å². The van der Waals surface area contributed by atoms with Crippen molar-refractivity contribution in [2.45, 2.75) is 46.5 Å². The normalized spacial score (nSPS) is 14.7. The van der Waals surface area contributed by atoms with Gasteiger partial charge in [0.15, 0.2) is 0 Å². The Labute approximate surface area is 112 Å². The van der Waals surface area contributed by atoms with Crippen LogP contribution in [-0.4, -0.2) is 0 Å². The van der Waals surface area contributed by atoms with E-state index in [0.717, 1.165) is 5.57 Å². The van der Waals surface area contributed by atoms with E-state index in [-0.39, 0.29) is 0 Å². The summed E-state index contributed by atoms with van der Waals surface area (Å²) in [5.41, 5.74) is 3.78. The number of hydrogen-bond acceptors (Lipinski definition) is 0. The number of unbranched alkanes of at least 4 members (excludes halogenated alkanes) is 1. The van der Waals surface area contributed by atoms with Crippen LogP contribution < -0.4 is 0 Å². The van der Waals surface area contributed by atoms with Crippen LogP contribution in [0.3, 0.4) is 0 Å². The maximum atomic E-state index is 3.97. The van der Waals surface area contributed by atoms with Crippen LogP contribution in [0.1, 0.15) is 57.6 Å². The fraction of sp³-hybridized carbons (Fsp3) is 0.444. The second-order valence-corrected chi connectivity index (χ2v) is 5.27. The molecule has 1 rings (SSSR count). The molecule has 1 aromatic carbocycles. The van der Waals surface area contributed by atoms with Crippen molar-refractivity contribution in [1.82, 2.24) is 0 Å². The minimum atomic E-state index is 0.567. The molecule has 0 nitrogen and oxygen atoms in total. The molecule has 98 valence electrons. The molecule has 0 bridgehead atoms. The smallest absolute Gasteiger partial charge is 0.0130 e. The van der Waals surface area contributed by atoms with Crippen molar-refractivity contribution in [2.75, 3.05) is 0 Å². The van der Waals surface area contributed by atoms with Crippen LogP contribution in [0.15, 0.2) is 43.0 Å². The maximum absolute atomic E-state index is 3.97. The minimum Gasteiger partial charge on any atom is -0.0955 e. The van der Waals surface area contributed by atoms with Gasteiger partial charge in [0.2, 0.25) is 0 Å². The van der Waals surface area contributed by atoms with Gasteiger partial charge in [-0.15, -0.1) is 0 Å². The monoisotopic (exact) mass is 242 g/mol. The average Bonchev–Trinajstić information content (AvgIpc) is 2.38. The molecule has 0 radical (unpaired) electrons. The zero-order valence-electron chi connectivity index (χ0n) is 12.2. The minimum absolute atomic E-state index is 0.567. The first-order valence-electron chi connectivity index (χ1n) is 6.98. The molecule has 0 aliphatic carbocycles. The van der Waals surface area contributed by atoms with Gasteiger partial charge in [-0.05, 0) is 36.3 Å². The maximum Gasteiger partial charge on any atom is -0.0130 e. The third-order valence-electron chi connectivity index (χ3n) is 3.61. The lowest BCUT2D eigenvalue weighted by Gasteiger charge is -2.17. The van der Waals surface area contributed by atoms with Gasteiger partial charge in [0.1, 0.15) is 0 Å². The van der Waals surface area contributed by atoms with Crippen LogP contribution in [0.5, 0.6) is 0 Å². The molecule has 0 saturated carbocycles. The summed E-state index contributed by atoms with van der Waals surface area (Å²) < 4.78 is 0. The molecule has 2 unspecified atom stereocenters. The molecule has 2 atom stereocenters. The second-order valence-electron chi connectivity index (χ2n) is 5.27. The number of allylic oxidation sites excluding steroid dienone is 3. The van der Waals surface area contributed by atoms with E-state index in [2.05, 4.69) is 70.7 Å². The molecule has 0 heterocycles. The van der Waals surface area contributed by atoms with E-state index in [1.807, 2.05) is 0 Å². The predicted molar refractivity (Wildman–Crippen MR) is 82.8 cm³/mol. The Bertz CT molecular complexity index is 395. The van der Waals surface area contributed by atoms with Gasteiger partial charge in [0.05, 0.1) is 0 Å². The molecule has 1 aromatic rings. The molecule has 0 fully saturated rings. The summed E-state index contributed by atoms with van der Waals surface area (Å²) >= 11 is 0. The van der Waals surface area contributed by atoms with Crippen molar-refractivity contribution in [3.63, 3.8) is 0 Å². The van der Waals surface area contributed by atoms with Gasteiger partial charge in [-0.25, -0.2) is 0 Å². The lowest BCUT2D eigenvalue weighted by molar-refractivity contribution is 0.589. The zero-order chi connectivity index (χ0) is 13.5. The molecule has 0 aromatic heterocycles. The summed E-state index contributed by atoms with van der Waals surface area (Å²) in [6.45, 7) is 12.8. The molecule has 0 aliphatic heterocycles. The van der Waals surface area contributed by atoms with E-state index in [4.69, 9.17) is 0 Å². The van der Waals surface area contributed by atoms with Crippen molar-refractivity contribution in [3.8, 4) is 0 Å². The van der Waals surface area contributed by atoms with Gasteiger partial charge in [-0.3, -0.25) is 0 Å². The Morgan fingerprint density at radius 2 is 1.83 bits per heavy atom. The van der Waals surface area contributed by atoms with Crippen LogP contribution in [0, 0.1) is 5.92 Å². The van der Waals surface area contributed by atoms with Gasteiger partial charge >= 0.3 is 0 Å². The molecule has 0 saturated heterocycles. The summed E-state index contributed by atoms with van der Waals surface area (Å²) in [6.07, 6.45) is 7.07. The van der Waals surface area contributed by atoms with Crippen LogP contribution >= 0.6 is 0 Å². The summed E-state index contributed by atoms with van der Waals surface area (Å²) in [5.74, 6) is 1.16. The highest BCUT2D eigenvalue weighted by atomic mass is 14.2. The fourth-order valence-corrected chi connectivity index (χ4v) is 2.02. The highest BCUT2D eigenvalue weighted by molar-refractivity contribution is 5.61. The summed E-state index contributed by atoms with van der Waals surface area (Å²) in [6, 6.07) is 8.82. The standard InChI is InChI=1S/C18H26/c1-6-7-8-9-15(4)16(5)18-12-10-17(11-13-18)14(2)3/h8-13,15-16H,2,6-7H2,1,3-5H3/b9-8-. The lowest BCUT2D eigenvalue weighted by Crippen LogP contribution is -2.03. The first-order chi connectivity index (χ1) is 8.56. The third kappa shape index (κ3) is 4.18. The Morgan fingerprint density at radius 3 is 2.33 bits per heavy atom. The Balaban J connectivity index is 2.71. The molecule has 0 heteroatoms. The largest absolute Gasteiger partial charge is 0.0955 e. The van der Waals surface area contributed by atoms with Crippen molar-refractivity contribution >= 4 is 5.57 Å². The fourth-order valence-electron chi connectivity index (χ4n) is 2.02. The predicted octanol–water partition coefficient (Wildman–Crippen LogP) is 5.82. The van der Waals surface area contributed by atoms with Crippen LogP contribution in [0.4, 0.5) is 0 Å². The van der Waals surface area contributed by atoms with Crippen molar-refractivity contribution < 1.29 is 0 Å². The molecule has 18 heavy (non-hydrogen) atoms. The zero-order valence-corrected chi connectivity index (χ0v) is 12.2. The SMILES string of the molecule is C=C(C)c1ccc(C(C)C(C)/C=C\CCC)cc1. The topological polar surface area (TPSA) is 0 Å². The first-order valence-corrected chi connectivity index (χ1v) is 6.98. The van der Waals surface area contributed by atoms with E-state index < -0.39 is 0 Å². The van der Waals surface area contributed by atoms with E-state index in [9.17, 15) is 0 Å². The van der Waals surface area contributed by atoms with E-state index >= 15 is 0 Å². The second kappa shape index (κ2) is 7.20. The number of benzene rings is 1. The molecular weight excluding hydrogens is 216 g/mol. The van der Waals surface area contributed by atoms with Gasteiger partial charge in [-0.1, -0.05) is 75.8 Å². The third-order valence-corrected chi connectivity index (χ3v) is 3.61. The summed E-state index contributed by atoms with van der Waals surface area (Å²) in [5, 5.41) is 0. The summed E-state index contributed by atoms with van der Waals surface area (Å²) in [4.78, 5) is 0. The Hall–Kier alpha value is -1.30. The van der Waals surface area contributed by atoms with Crippen LogP contribution in [0.2, 0.25) is 0 Å². The van der Waals surface area contributed by atoms with Crippen molar-refractivity contribution in [3.05, 3.63) is 54.1 Å². The van der Waals surface area contributed by atoms with Crippen molar-refractivity contribution in [1.29, 1.82) is 0 Å². The van der Waals surface area contributed by atoms with Gasteiger partial charge in [0, 0.05) is 0 Å². The van der Waals surface area contributed by atoms with Crippen molar-refractivity contribution in [2.24, 2.45) is 5.92 Å². The van der Waals surface area contributed by atoms with Gasteiger partial charge in [0.25, 0.3) is 0 Å². The molecule has 0 aliphatic rings. The van der Waals surface area contributed by atoms with Crippen LogP contribution in [-0.2, 0) is 0 Å². The molecule has 0 N–H and O–H groups in total. The highest BCUT2D eigenvalue weighted by Crippen LogP contribution is 2.26. The molecule has 0 amide bonds. The first kappa shape index (κ1) is 14.8. The van der Waals surface area contributed by atoms with Crippen LogP contribution in [0.25, 0.3) is 5.57 Å². The number of hydrogen-bond donors (Lipinski definition) is 0.